The highest BCUT2D eigenvalue weighted by Crippen LogP contribution is 2.12. The molecule has 2 N–H and O–H groups in total. The molecule has 2 aromatic carbocycles. The summed E-state index contributed by atoms with van der Waals surface area (Å²) in [4.78, 5) is 11.9. The lowest BCUT2D eigenvalue weighted by Crippen LogP contribution is -2.41. The number of amides is 1. The summed E-state index contributed by atoms with van der Waals surface area (Å²) in [7, 11) is 0. The maximum absolute atomic E-state index is 11.9. The van der Waals surface area contributed by atoms with Gasteiger partial charge in [-0.1, -0.05) is 50.2 Å². The Balaban J connectivity index is 1.78. The Hall–Kier alpha value is -2.49. The zero-order valence-corrected chi connectivity index (χ0v) is 13.7. The number of hydrogen-bond donors (Lipinski definition) is 2. The van der Waals surface area contributed by atoms with Crippen LogP contribution in [0.15, 0.2) is 60.7 Å². The number of carbonyl (C=O) groups is 1. The number of benzene rings is 2. The van der Waals surface area contributed by atoms with Crippen molar-refractivity contribution in [3.63, 3.8) is 0 Å². The third-order valence-electron chi connectivity index (χ3n) is 3.56. The van der Waals surface area contributed by atoms with Gasteiger partial charge in [0.25, 0.3) is 5.91 Å². The van der Waals surface area contributed by atoms with Gasteiger partial charge in [-0.05, 0) is 30.2 Å². The van der Waals surface area contributed by atoms with Gasteiger partial charge >= 0.3 is 0 Å². The molecular weight excluding hydrogens is 288 g/mol. The lowest BCUT2D eigenvalue weighted by Gasteiger charge is -2.24. The molecule has 0 spiro atoms. The minimum absolute atomic E-state index is 0.0279. The van der Waals surface area contributed by atoms with Crippen LogP contribution in [0.5, 0.6) is 5.75 Å². The van der Waals surface area contributed by atoms with Crippen molar-refractivity contribution in [3.05, 3.63) is 60.7 Å². The molecule has 2 rings (SSSR count). The maximum Gasteiger partial charge on any atom is 0.258 e. The summed E-state index contributed by atoms with van der Waals surface area (Å²) in [6.45, 7) is 4.85. The van der Waals surface area contributed by atoms with Crippen LogP contribution in [0.25, 0.3) is 0 Å². The van der Waals surface area contributed by atoms with Gasteiger partial charge in [-0.25, -0.2) is 0 Å². The quantitative estimate of drug-likeness (QED) is 0.786. The minimum atomic E-state index is -0.116. The average molecular weight is 312 g/mol. The van der Waals surface area contributed by atoms with Crippen LogP contribution in [0.4, 0.5) is 5.69 Å². The van der Waals surface area contributed by atoms with Crippen LogP contribution in [-0.4, -0.2) is 25.1 Å². The van der Waals surface area contributed by atoms with Gasteiger partial charge in [0.15, 0.2) is 6.61 Å². The molecule has 0 saturated carbocycles. The number of hydrogen-bond acceptors (Lipinski definition) is 3. The van der Waals surface area contributed by atoms with Gasteiger partial charge in [0, 0.05) is 18.3 Å². The second-order valence-electron chi connectivity index (χ2n) is 5.77. The van der Waals surface area contributed by atoms with E-state index in [-0.39, 0.29) is 18.6 Å². The van der Waals surface area contributed by atoms with Gasteiger partial charge in [-0.3, -0.25) is 4.79 Å². The van der Waals surface area contributed by atoms with E-state index in [2.05, 4.69) is 24.5 Å². The predicted octanol–water partition coefficient (Wildman–Crippen LogP) is 3.32. The Bertz CT molecular complexity index is 585. The molecule has 0 saturated heterocycles. The van der Waals surface area contributed by atoms with Crippen molar-refractivity contribution in [3.8, 4) is 5.75 Å². The van der Waals surface area contributed by atoms with E-state index >= 15 is 0 Å². The monoisotopic (exact) mass is 312 g/mol. The highest BCUT2D eigenvalue weighted by molar-refractivity contribution is 5.77. The van der Waals surface area contributed by atoms with Crippen molar-refractivity contribution < 1.29 is 9.53 Å². The molecule has 4 heteroatoms. The average Bonchev–Trinajstić information content (AvgIpc) is 2.58. The summed E-state index contributed by atoms with van der Waals surface area (Å²) >= 11 is 0. The SMILES string of the molecule is CC(C)C(CNC(=O)COc1ccccc1)Nc1ccccc1. The standard InChI is InChI=1S/C19H24N2O2/c1-15(2)18(21-16-9-5-3-6-10-16)13-20-19(22)14-23-17-11-7-4-8-12-17/h3-12,15,18,21H,13-14H2,1-2H3,(H,20,22). The molecular formula is C19H24N2O2. The van der Waals surface area contributed by atoms with E-state index in [0.717, 1.165) is 5.69 Å². The van der Waals surface area contributed by atoms with Crippen LogP contribution < -0.4 is 15.4 Å². The molecule has 0 aliphatic carbocycles. The second kappa shape index (κ2) is 8.83. The Morgan fingerprint density at radius 1 is 1.00 bits per heavy atom. The van der Waals surface area contributed by atoms with Crippen molar-refractivity contribution in [2.75, 3.05) is 18.5 Å². The number of ether oxygens (including phenoxy) is 1. The zero-order chi connectivity index (χ0) is 16.5. The first kappa shape index (κ1) is 16.9. The first-order valence-electron chi connectivity index (χ1n) is 7.91. The van der Waals surface area contributed by atoms with E-state index in [1.165, 1.54) is 0 Å². The van der Waals surface area contributed by atoms with Crippen LogP contribution in [0.1, 0.15) is 13.8 Å². The van der Waals surface area contributed by atoms with Crippen LogP contribution in [0, 0.1) is 5.92 Å². The Morgan fingerprint density at radius 3 is 2.22 bits per heavy atom. The number of nitrogens with one attached hydrogen (secondary N) is 2. The second-order valence-corrected chi connectivity index (χ2v) is 5.77. The Kier molecular flexibility index (Phi) is 6.48. The summed E-state index contributed by atoms with van der Waals surface area (Å²) in [6.07, 6.45) is 0. The molecule has 2 aromatic rings. The predicted molar refractivity (Wildman–Crippen MR) is 93.6 cm³/mol. The summed E-state index contributed by atoms with van der Waals surface area (Å²) in [5.74, 6) is 0.977. The van der Waals surface area contributed by atoms with Gasteiger partial charge in [-0.15, -0.1) is 0 Å². The minimum Gasteiger partial charge on any atom is -0.484 e. The molecule has 122 valence electrons. The molecule has 0 heterocycles. The van der Waals surface area contributed by atoms with E-state index in [9.17, 15) is 4.79 Å². The van der Waals surface area contributed by atoms with Crippen LogP contribution in [0.3, 0.4) is 0 Å². The van der Waals surface area contributed by atoms with Gasteiger partial charge in [0.05, 0.1) is 0 Å². The fourth-order valence-corrected chi connectivity index (χ4v) is 2.14. The van der Waals surface area contributed by atoms with Crippen molar-refractivity contribution in [2.24, 2.45) is 5.92 Å². The highest BCUT2D eigenvalue weighted by Gasteiger charge is 2.14. The Morgan fingerprint density at radius 2 is 1.61 bits per heavy atom. The fourth-order valence-electron chi connectivity index (χ4n) is 2.14. The lowest BCUT2D eigenvalue weighted by molar-refractivity contribution is -0.123. The third-order valence-corrected chi connectivity index (χ3v) is 3.56. The van der Waals surface area contributed by atoms with Crippen LogP contribution in [0.2, 0.25) is 0 Å². The van der Waals surface area contributed by atoms with Gasteiger partial charge in [-0.2, -0.15) is 0 Å². The number of carbonyl (C=O) groups excluding carboxylic acids is 1. The lowest BCUT2D eigenvalue weighted by atomic mass is 10.0. The molecule has 0 fully saturated rings. The molecule has 4 nitrogen and oxygen atoms in total. The van der Waals surface area contributed by atoms with Crippen molar-refractivity contribution >= 4 is 11.6 Å². The van der Waals surface area contributed by atoms with E-state index in [4.69, 9.17) is 4.74 Å². The van der Waals surface area contributed by atoms with E-state index in [1.807, 2.05) is 60.7 Å². The maximum atomic E-state index is 11.9. The summed E-state index contributed by atoms with van der Waals surface area (Å²) in [5.41, 5.74) is 1.06. The summed E-state index contributed by atoms with van der Waals surface area (Å²) in [6, 6.07) is 19.5. The van der Waals surface area contributed by atoms with Crippen molar-refractivity contribution in [1.82, 2.24) is 5.32 Å². The van der Waals surface area contributed by atoms with Gasteiger partial charge in [0.2, 0.25) is 0 Å². The summed E-state index contributed by atoms with van der Waals surface area (Å²) in [5, 5.41) is 6.38. The van der Waals surface area contributed by atoms with Crippen molar-refractivity contribution in [2.45, 2.75) is 19.9 Å². The largest absolute Gasteiger partial charge is 0.484 e. The number of para-hydroxylation sites is 2. The first-order valence-corrected chi connectivity index (χ1v) is 7.91. The fraction of sp³-hybridized carbons (Fsp3) is 0.316. The zero-order valence-electron chi connectivity index (χ0n) is 13.7. The third kappa shape index (κ3) is 6.02. The van der Waals surface area contributed by atoms with E-state index in [1.54, 1.807) is 0 Å². The topological polar surface area (TPSA) is 50.4 Å². The molecule has 0 radical (unpaired) electrons. The van der Waals surface area contributed by atoms with Crippen LogP contribution >= 0.6 is 0 Å². The normalized spacial score (nSPS) is 11.8. The van der Waals surface area contributed by atoms with Crippen molar-refractivity contribution in [1.29, 1.82) is 0 Å². The van der Waals surface area contributed by atoms with E-state index in [0.29, 0.717) is 18.2 Å². The molecule has 0 aliphatic rings. The smallest absolute Gasteiger partial charge is 0.258 e. The van der Waals surface area contributed by atoms with E-state index < -0.39 is 0 Å². The molecule has 23 heavy (non-hydrogen) atoms. The molecule has 0 aliphatic heterocycles. The van der Waals surface area contributed by atoms with Gasteiger partial charge < -0.3 is 15.4 Å². The van der Waals surface area contributed by atoms with Gasteiger partial charge in [0.1, 0.15) is 5.75 Å². The summed E-state index contributed by atoms with van der Waals surface area (Å²) < 4.78 is 5.45. The molecule has 0 bridgehead atoms. The molecule has 1 unspecified atom stereocenters. The first-order chi connectivity index (χ1) is 11.1. The highest BCUT2D eigenvalue weighted by atomic mass is 16.5. The Labute approximate surface area is 137 Å². The molecule has 0 aromatic heterocycles. The number of anilines is 1. The number of rotatable bonds is 8. The molecule has 1 atom stereocenters. The molecule has 1 amide bonds. The van der Waals surface area contributed by atoms with Crippen LogP contribution in [-0.2, 0) is 4.79 Å².